The molecule has 1 aromatic rings. The highest BCUT2D eigenvalue weighted by atomic mass is 35.5. The number of carbonyl (C=O) groups excluding carboxylic acids is 1. The number of nitrogens with zero attached hydrogens (tertiary/aromatic N) is 1. The highest BCUT2D eigenvalue weighted by Crippen LogP contribution is 2.36. The number of hydrogen-bond donors (Lipinski definition) is 0. The third kappa shape index (κ3) is 1.30. The molecule has 2 nitrogen and oxygen atoms in total. The van der Waals surface area contributed by atoms with Gasteiger partial charge in [0.2, 0.25) is 5.91 Å². The summed E-state index contributed by atoms with van der Waals surface area (Å²) < 4.78 is 0. The number of amides is 1. The average Bonchev–Trinajstić information content (AvgIpc) is 2.26. The van der Waals surface area contributed by atoms with Crippen molar-refractivity contribution in [3.63, 3.8) is 0 Å². The Morgan fingerprint density at radius 1 is 1.43 bits per heavy atom. The van der Waals surface area contributed by atoms with E-state index in [9.17, 15) is 4.79 Å². The van der Waals surface area contributed by atoms with Crippen LogP contribution in [-0.2, 0) is 4.79 Å². The average molecular weight is 210 g/mol. The van der Waals surface area contributed by atoms with Gasteiger partial charge in [-0.2, -0.15) is 0 Å². The fourth-order valence-electron chi connectivity index (χ4n) is 1.64. The van der Waals surface area contributed by atoms with Crippen LogP contribution in [0.5, 0.6) is 0 Å². The molecule has 3 heteroatoms. The molecule has 0 saturated carbocycles. The second kappa shape index (κ2) is 3.28. The summed E-state index contributed by atoms with van der Waals surface area (Å²) >= 11 is 5.74. The summed E-state index contributed by atoms with van der Waals surface area (Å²) in [5, 5.41) is 0. The largest absolute Gasteiger partial charge is 0.311 e. The van der Waals surface area contributed by atoms with Crippen LogP contribution in [0.3, 0.4) is 0 Å². The third-order valence-corrected chi connectivity index (χ3v) is 3.22. The second-order valence-corrected chi connectivity index (χ2v) is 4.19. The quantitative estimate of drug-likeness (QED) is 0.541. The van der Waals surface area contributed by atoms with Gasteiger partial charge < -0.3 is 4.90 Å². The number of anilines is 1. The lowest BCUT2D eigenvalue weighted by Gasteiger charge is -2.45. The summed E-state index contributed by atoms with van der Waals surface area (Å²) in [4.78, 5) is 13.5. The van der Waals surface area contributed by atoms with Crippen molar-refractivity contribution in [2.45, 2.75) is 6.92 Å². The van der Waals surface area contributed by atoms with Crippen molar-refractivity contribution in [2.75, 3.05) is 17.3 Å². The zero-order valence-electron chi connectivity index (χ0n) is 8.03. The summed E-state index contributed by atoms with van der Waals surface area (Å²) in [7, 11) is 0. The zero-order valence-corrected chi connectivity index (χ0v) is 8.79. The van der Waals surface area contributed by atoms with Crippen LogP contribution < -0.4 is 4.90 Å². The van der Waals surface area contributed by atoms with Gasteiger partial charge in [0.25, 0.3) is 0 Å². The van der Waals surface area contributed by atoms with Gasteiger partial charge in [-0.25, -0.2) is 0 Å². The Hall–Kier alpha value is -1.02. The zero-order chi connectivity index (χ0) is 10.2. The van der Waals surface area contributed by atoms with Gasteiger partial charge in [0.05, 0.1) is 5.41 Å². The molecule has 14 heavy (non-hydrogen) atoms. The summed E-state index contributed by atoms with van der Waals surface area (Å²) in [5.74, 6) is 0.522. The van der Waals surface area contributed by atoms with E-state index in [-0.39, 0.29) is 11.3 Å². The van der Waals surface area contributed by atoms with Crippen molar-refractivity contribution in [2.24, 2.45) is 5.41 Å². The van der Waals surface area contributed by atoms with Crippen molar-refractivity contribution >= 4 is 23.2 Å². The summed E-state index contributed by atoms with van der Waals surface area (Å²) in [6.07, 6.45) is 0. The summed E-state index contributed by atoms with van der Waals surface area (Å²) in [6, 6.07) is 9.67. The molecule has 1 heterocycles. The molecule has 0 aromatic heterocycles. The number of benzene rings is 1. The number of hydrogen-bond acceptors (Lipinski definition) is 1. The molecule has 0 bridgehead atoms. The molecule has 1 unspecified atom stereocenters. The Kier molecular flexibility index (Phi) is 2.23. The van der Waals surface area contributed by atoms with Gasteiger partial charge in [-0.05, 0) is 19.1 Å². The van der Waals surface area contributed by atoms with E-state index in [1.54, 1.807) is 4.90 Å². The predicted octanol–water partition coefficient (Wildman–Crippen LogP) is 2.28. The topological polar surface area (TPSA) is 20.3 Å². The molecule has 0 spiro atoms. The van der Waals surface area contributed by atoms with Crippen molar-refractivity contribution in [1.82, 2.24) is 0 Å². The first-order valence-corrected chi connectivity index (χ1v) is 5.14. The fourth-order valence-corrected chi connectivity index (χ4v) is 1.84. The van der Waals surface area contributed by atoms with E-state index in [1.807, 2.05) is 37.3 Å². The Morgan fingerprint density at radius 3 is 2.57 bits per heavy atom. The maximum atomic E-state index is 11.8. The third-order valence-electron chi connectivity index (χ3n) is 2.63. The predicted molar refractivity (Wildman–Crippen MR) is 57.6 cm³/mol. The van der Waals surface area contributed by atoms with Gasteiger partial charge in [-0.1, -0.05) is 18.2 Å². The van der Waals surface area contributed by atoms with Crippen LogP contribution in [0.2, 0.25) is 0 Å². The number of halogens is 1. The smallest absolute Gasteiger partial charge is 0.235 e. The SMILES string of the molecule is CC1(CCl)CN(c2ccccc2)C1=O. The number of para-hydroxylation sites is 1. The van der Waals surface area contributed by atoms with Crippen LogP contribution in [0.15, 0.2) is 30.3 Å². The van der Waals surface area contributed by atoms with Crippen LogP contribution in [0.1, 0.15) is 6.92 Å². The molecule has 0 N–H and O–H groups in total. The lowest BCUT2D eigenvalue weighted by Crippen LogP contribution is -2.61. The maximum Gasteiger partial charge on any atom is 0.235 e. The minimum atomic E-state index is -0.350. The molecule has 1 atom stereocenters. The first-order valence-electron chi connectivity index (χ1n) is 4.60. The minimum absolute atomic E-state index is 0.124. The molecule has 2 rings (SSSR count). The molecule has 1 amide bonds. The molecular formula is C11H12ClNO. The Balaban J connectivity index is 2.16. The van der Waals surface area contributed by atoms with E-state index in [0.29, 0.717) is 5.88 Å². The minimum Gasteiger partial charge on any atom is -0.311 e. The van der Waals surface area contributed by atoms with Crippen LogP contribution in [0, 0.1) is 5.41 Å². The highest BCUT2D eigenvalue weighted by Gasteiger charge is 2.48. The Bertz CT molecular complexity index is 352. The molecule has 1 aliphatic heterocycles. The maximum absolute atomic E-state index is 11.8. The first kappa shape index (κ1) is 9.53. The number of alkyl halides is 1. The van der Waals surface area contributed by atoms with Gasteiger partial charge in [0, 0.05) is 18.1 Å². The van der Waals surface area contributed by atoms with Gasteiger partial charge in [0.15, 0.2) is 0 Å². The Morgan fingerprint density at radius 2 is 2.07 bits per heavy atom. The lowest BCUT2D eigenvalue weighted by atomic mass is 9.82. The number of rotatable bonds is 2. The van der Waals surface area contributed by atoms with Gasteiger partial charge in [-0.3, -0.25) is 4.79 Å². The van der Waals surface area contributed by atoms with Crippen LogP contribution in [0.25, 0.3) is 0 Å². The number of β-lactam (4-membered cyclic amide) rings is 1. The van der Waals surface area contributed by atoms with Crippen molar-refractivity contribution in [3.8, 4) is 0 Å². The normalized spacial score (nSPS) is 26.1. The standard InChI is InChI=1S/C11H12ClNO/c1-11(7-12)8-13(10(11)14)9-5-3-2-4-6-9/h2-6H,7-8H2,1H3. The van der Waals surface area contributed by atoms with E-state index in [2.05, 4.69) is 0 Å². The molecule has 1 aliphatic rings. The molecule has 74 valence electrons. The molecule has 1 fully saturated rings. The van der Waals surface area contributed by atoms with E-state index in [4.69, 9.17) is 11.6 Å². The summed E-state index contributed by atoms with van der Waals surface area (Å²) in [6.45, 7) is 2.63. The fraction of sp³-hybridized carbons (Fsp3) is 0.364. The summed E-state index contributed by atoms with van der Waals surface area (Å²) in [5.41, 5.74) is 0.609. The van der Waals surface area contributed by atoms with E-state index < -0.39 is 0 Å². The van der Waals surface area contributed by atoms with E-state index in [0.717, 1.165) is 12.2 Å². The molecule has 1 saturated heterocycles. The van der Waals surface area contributed by atoms with Crippen LogP contribution in [0.4, 0.5) is 5.69 Å². The first-order chi connectivity index (χ1) is 6.67. The van der Waals surface area contributed by atoms with Gasteiger partial charge in [0.1, 0.15) is 0 Å². The number of carbonyl (C=O) groups is 1. The van der Waals surface area contributed by atoms with Gasteiger partial charge >= 0.3 is 0 Å². The van der Waals surface area contributed by atoms with Crippen molar-refractivity contribution < 1.29 is 4.79 Å². The second-order valence-electron chi connectivity index (χ2n) is 3.92. The van der Waals surface area contributed by atoms with Crippen LogP contribution in [-0.4, -0.2) is 18.3 Å². The lowest BCUT2D eigenvalue weighted by molar-refractivity contribution is -0.132. The van der Waals surface area contributed by atoms with E-state index in [1.165, 1.54) is 0 Å². The molecule has 1 aromatic carbocycles. The van der Waals surface area contributed by atoms with E-state index >= 15 is 0 Å². The monoisotopic (exact) mass is 209 g/mol. The van der Waals surface area contributed by atoms with Crippen LogP contribution >= 0.6 is 11.6 Å². The molecule has 0 aliphatic carbocycles. The molecule has 0 radical (unpaired) electrons. The molecular weight excluding hydrogens is 198 g/mol. The van der Waals surface area contributed by atoms with Crippen molar-refractivity contribution in [3.05, 3.63) is 30.3 Å². The van der Waals surface area contributed by atoms with Crippen molar-refractivity contribution in [1.29, 1.82) is 0 Å². The Labute approximate surface area is 88.5 Å². The highest BCUT2D eigenvalue weighted by molar-refractivity contribution is 6.22. The van der Waals surface area contributed by atoms with Gasteiger partial charge in [-0.15, -0.1) is 11.6 Å².